The van der Waals surface area contributed by atoms with Gasteiger partial charge in [0.15, 0.2) is 0 Å². The van der Waals surface area contributed by atoms with E-state index in [2.05, 4.69) is 13.8 Å². The molecule has 0 heterocycles. The van der Waals surface area contributed by atoms with Crippen LogP contribution in [0.25, 0.3) is 0 Å². The van der Waals surface area contributed by atoms with E-state index in [4.69, 9.17) is 14.2 Å². The molecule has 130 valence electrons. The highest BCUT2D eigenvalue weighted by molar-refractivity contribution is 5.95. The van der Waals surface area contributed by atoms with E-state index in [0.717, 1.165) is 18.8 Å². The van der Waals surface area contributed by atoms with Gasteiger partial charge in [0.1, 0.15) is 17.1 Å². The largest absolute Gasteiger partial charge is 0.496 e. The van der Waals surface area contributed by atoms with Gasteiger partial charge < -0.3 is 14.2 Å². The van der Waals surface area contributed by atoms with Crippen LogP contribution in [0.15, 0.2) is 18.2 Å². The molecule has 0 fully saturated rings. The van der Waals surface area contributed by atoms with Crippen molar-refractivity contribution in [2.24, 2.45) is 5.92 Å². The number of hydrogen-bond donors (Lipinski definition) is 0. The van der Waals surface area contributed by atoms with Gasteiger partial charge in [-0.1, -0.05) is 52.0 Å². The Morgan fingerprint density at radius 1 is 0.957 bits per heavy atom. The van der Waals surface area contributed by atoms with Gasteiger partial charge in [0, 0.05) is 0 Å². The Kier molecular flexibility index (Phi) is 9.18. The number of ether oxygens (including phenoxy) is 3. The van der Waals surface area contributed by atoms with Crippen LogP contribution in [0.4, 0.5) is 0 Å². The number of carbonyl (C=O) groups excluding carboxylic acids is 1. The number of esters is 1. The summed E-state index contributed by atoms with van der Waals surface area (Å²) in [6.45, 7) is 4.95. The zero-order valence-corrected chi connectivity index (χ0v) is 14.9. The minimum absolute atomic E-state index is 0.356. The van der Waals surface area contributed by atoms with Gasteiger partial charge in [0.05, 0.1) is 20.8 Å². The molecule has 0 atom stereocenters. The summed E-state index contributed by atoms with van der Waals surface area (Å²) in [5.41, 5.74) is 0.356. The Bertz CT molecular complexity index is 446. The van der Waals surface area contributed by atoms with Crippen molar-refractivity contribution >= 4 is 5.97 Å². The van der Waals surface area contributed by atoms with Crippen molar-refractivity contribution in [3.05, 3.63) is 23.8 Å². The zero-order valence-electron chi connectivity index (χ0n) is 14.9. The molecule has 0 aliphatic rings. The first kappa shape index (κ1) is 19.3. The lowest BCUT2D eigenvalue weighted by Crippen LogP contribution is -2.10. The van der Waals surface area contributed by atoms with Gasteiger partial charge in [-0.3, -0.25) is 0 Å². The molecule has 0 unspecified atom stereocenters. The predicted molar refractivity (Wildman–Crippen MR) is 92.4 cm³/mol. The van der Waals surface area contributed by atoms with Crippen LogP contribution < -0.4 is 9.47 Å². The minimum Gasteiger partial charge on any atom is -0.496 e. The highest BCUT2D eigenvalue weighted by Crippen LogP contribution is 2.28. The monoisotopic (exact) mass is 322 g/mol. The lowest BCUT2D eigenvalue weighted by Gasteiger charge is -2.12. The fourth-order valence-corrected chi connectivity index (χ4v) is 2.47. The predicted octanol–water partition coefficient (Wildman–Crippen LogP) is 4.86. The van der Waals surface area contributed by atoms with Crippen LogP contribution in [0.1, 0.15) is 62.7 Å². The topological polar surface area (TPSA) is 44.8 Å². The van der Waals surface area contributed by atoms with Gasteiger partial charge >= 0.3 is 5.97 Å². The number of rotatable bonds is 11. The number of benzene rings is 1. The molecule has 0 aliphatic carbocycles. The highest BCUT2D eigenvalue weighted by atomic mass is 16.5. The van der Waals surface area contributed by atoms with E-state index in [1.54, 1.807) is 18.2 Å². The number of carbonyl (C=O) groups is 1. The molecule has 0 radical (unpaired) electrons. The maximum atomic E-state index is 12.2. The summed E-state index contributed by atoms with van der Waals surface area (Å²) in [6, 6.07) is 5.24. The molecule has 0 amide bonds. The standard InChI is InChI=1S/C19H30O4/c1-15(2)11-8-6-5-7-9-14-23-19(20)18-16(21-3)12-10-13-17(18)22-4/h10,12-13,15H,5-9,11,14H2,1-4H3. The summed E-state index contributed by atoms with van der Waals surface area (Å²) in [4.78, 5) is 12.2. The highest BCUT2D eigenvalue weighted by Gasteiger charge is 2.19. The summed E-state index contributed by atoms with van der Waals surface area (Å²) in [5, 5.41) is 0. The van der Waals surface area contributed by atoms with Gasteiger partial charge in [-0.05, 0) is 24.5 Å². The summed E-state index contributed by atoms with van der Waals surface area (Å²) < 4.78 is 15.8. The third-order valence-electron chi connectivity index (χ3n) is 3.79. The Morgan fingerprint density at radius 2 is 1.52 bits per heavy atom. The molecule has 1 rings (SSSR count). The van der Waals surface area contributed by atoms with Crippen LogP contribution >= 0.6 is 0 Å². The van der Waals surface area contributed by atoms with Crippen LogP contribution in [0.2, 0.25) is 0 Å². The first-order valence-corrected chi connectivity index (χ1v) is 8.48. The first-order chi connectivity index (χ1) is 11.1. The quantitative estimate of drug-likeness (QED) is 0.431. The Hall–Kier alpha value is -1.71. The second kappa shape index (κ2) is 10.9. The maximum Gasteiger partial charge on any atom is 0.345 e. The van der Waals surface area contributed by atoms with Crippen LogP contribution in [0.5, 0.6) is 11.5 Å². The molecule has 0 spiro atoms. The van der Waals surface area contributed by atoms with Gasteiger partial charge in [0.25, 0.3) is 0 Å². The van der Waals surface area contributed by atoms with Crippen LogP contribution in [-0.2, 0) is 4.74 Å². The molecule has 4 nitrogen and oxygen atoms in total. The van der Waals surface area contributed by atoms with E-state index in [1.165, 1.54) is 39.9 Å². The Morgan fingerprint density at radius 3 is 2.09 bits per heavy atom. The summed E-state index contributed by atoms with van der Waals surface area (Å²) >= 11 is 0. The van der Waals surface area contributed by atoms with Crippen LogP contribution in [0, 0.1) is 5.92 Å². The summed E-state index contributed by atoms with van der Waals surface area (Å²) in [6.07, 6.45) is 7.02. The number of hydrogen-bond acceptors (Lipinski definition) is 4. The maximum absolute atomic E-state index is 12.2. The fraction of sp³-hybridized carbons (Fsp3) is 0.632. The van der Waals surface area contributed by atoms with Crippen molar-refractivity contribution < 1.29 is 19.0 Å². The summed E-state index contributed by atoms with van der Waals surface area (Å²) in [5.74, 6) is 1.34. The molecular weight excluding hydrogens is 292 g/mol. The van der Waals surface area contributed by atoms with Gasteiger partial charge in [0.2, 0.25) is 0 Å². The fourth-order valence-electron chi connectivity index (χ4n) is 2.47. The first-order valence-electron chi connectivity index (χ1n) is 8.48. The van der Waals surface area contributed by atoms with Crippen molar-refractivity contribution in [2.75, 3.05) is 20.8 Å². The lowest BCUT2D eigenvalue weighted by molar-refractivity contribution is 0.0490. The molecule has 0 N–H and O–H groups in total. The van der Waals surface area contributed by atoms with Gasteiger partial charge in [-0.2, -0.15) is 0 Å². The molecule has 1 aromatic rings. The molecule has 0 aromatic heterocycles. The van der Waals surface area contributed by atoms with Crippen LogP contribution in [-0.4, -0.2) is 26.8 Å². The normalized spacial score (nSPS) is 10.7. The lowest BCUT2D eigenvalue weighted by atomic mass is 10.0. The zero-order chi connectivity index (χ0) is 17.1. The van der Waals surface area contributed by atoms with E-state index in [0.29, 0.717) is 23.7 Å². The van der Waals surface area contributed by atoms with E-state index in [9.17, 15) is 4.79 Å². The minimum atomic E-state index is -0.390. The molecule has 23 heavy (non-hydrogen) atoms. The van der Waals surface area contributed by atoms with Gasteiger partial charge in [-0.15, -0.1) is 0 Å². The van der Waals surface area contributed by atoms with Crippen molar-refractivity contribution in [3.63, 3.8) is 0 Å². The van der Waals surface area contributed by atoms with E-state index in [-0.39, 0.29) is 5.97 Å². The Balaban J connectivity index is 2.32. The van der Waals surface area contributed by atoms with Crippen molar-refractivity contribution in [1.82, 2.24) is 0 Å². The Labute approximate surface area is 140 Å². The molecule has 0 saturated carbocycles. The van der Waals surface area contributed by atoms with Crippen molar-refractivity contribution in [2.45, 2.75) is 52.4 Å². The number of methoxy groups -OCH3 is 2. The van der Waals surface area contributed by atoms with Crippen LogP contribution in [0.3, 0.4) is 0 Å². The third kappa shape index (κ3) is 6.93. The molecule has 0 bridgehead atoms. The van der Waals surface area contributed by atoms with Crippen molar-refractivity contribution in [1.29, 1.82) is 0 Å². The number of unbranched alkanes of at least 4 members (excludes halogenated alkanes) is 4. The average Bonchev–Trinajstić information content (AvgIpc) is 2.55. The van der Waals surface area contributed by atoms with E-state index in [1.807, 2.05) is 0 Å². The molecule has 4 heteroatoms. The van der Waals surface area contributed by atoms with Gasteiger partial charge in [-0.25, -0.2) is 4.79 Å². The molecular formula is C19H30O4. The molecule has 0 aliphatic heterocycles. The third-order valence-corrected chi connectivity index (χ3v) is 3.79. The smallest absolute Gasteiger partial charge is 0.345 e. The van der Waals surface area contributed by atoms with E-state index < -0.39 is 0 Å². The average molecular weight is 322 g/mol. The second-order valence-electron chi connectivity index (χ2n) is 6.12. The molecule has 0 saturated heterocycles. The second-order valence-corrected chi connectivity index (χ2v) is 6.12. The van der Waals surface area contributed by atoms with Crippen molar-refractivity contribution in [3.8, 4) is 11.5 Å². The van der Waals surface area contributed by atoms with E-state index >= 15 is 0 Å². The SMILES string of the molecule is COc1cccc(OC)c1C(=O)OCCCCCCCC(C)C. The summed E-state index contributed by atoms with van der Waals surface area (Å²) in [7, 11) is 3.06. The molecule has 1 aromatic carbocycles.